The zero-order valence-electron chi connectivity index (χ0n) is 6.91. The molecule has 0 radical (unpaired) electrons. The summed E-state index contributed by atoms with van der Waals surface area (Å²) in [4.78, 5) is 15.4. The largest absolute Gasteiger partial charge is 0.446 e. The summed E-state index contributed by atoms with van der Waals surface area (Å²) in [6.07, 6.45) is 1.25. The third kappa shape index (κ3) is 4.74. The Bertz CT molecular complexity index is 188. The van der Waals surface area contributed by atoms with Gasteiger partial charge in [-0.15, -0.1) is 11.8 Å². The van der Waals surface area contributed by atoms with Crippen molar-refractivity contribution in [1.82, 2.24) is 4.31 Å². The lowest BCUT2D eigenvalue weighted by Gasteiger charge is -2.07. The van der Waals surface area contributed by atoms with Gasteiger partial charge in [-0.25, -0.2) is 9.10 Å². The molecule has 0 aromatic carbocycles. The van der Waals surface area contributed by atoms with E-state index in [1.54, 1.807) is 6.92 Å². The van der Waals surface area contributed by atoms with Crippen molar-refractivity contribution < 1.29 is 9.63 Å². The lowest BCUT2D eigenvalue weighted by atomic mass is 10.9. The minimum atomic E-state index is -0.594. The maximum atomic E-state index is 10.9. The zero-order chi connectivity index (χ0) is 9.56. The van der Waals surface area contributed by atoms with E-state index < -0.39 is 6.09 Å². The van der Waals surface area contributed by atoms with Gasteiger partial charge >= 0.3 is 6.09 Å². The first-order valence-electron chi connectivity index (χ1n) is 2.93. The second-order valence-electron chi connectivity index (χ2n) is 1.74. The van der Waals surface area contributed by atoms with E-state index in [1.807, 2.05) is 6.26 Å². The first-order valence-corrected chi connectivity index (χ1v) is 5.76. The van der Waals surface area contributed by atoms with Crippen molar-refractivity contribution in [3.8, 4) is 0 Å². The summed E-state index contributed by atoms with van der Waals surface area (Å²) in [5.74, 6) is 0. The van der Waals surface area contributed by atoms with Crippen LogP contribution < -0.4 is 0 Å². The number of nitrogens with zero attached hydrogens (tertiary/aromatic N) is 2. The fraction of sp³-hybridized carbons (Fsp3) is 0.600. The van der Waals surface area contributed by atoms with E-state index in [2.05, 4.69) is 9.99 Å². The first kappa shape index (κ1) is 11.9. The molecule has 4 nitrogen and oxygen atoms in total. The molecule has 0 aromatic heterocycles. The van der Waals surface area contributed by atoms with Crippen molar-refractivity contribution in [3.05, 3.63) is 0 Å². The molecule has 0 N–H and O–H groups in total. The number of amides is 1. The van der Waals surface area contributed by atoms with E-state index in [9.17, 15) is 4.79 Å². The molecule has 0 fully saturated rings. The van der Waals surface area contributed by atoms with Crippen LogP contribution in [0.4, 0.5) is 4.79 Å². The Morgan fingerprint density at radius 2 is 2.25 bits per heavy atom. The normalized spacial score (nSPS) is 11.2. The average molecular weight is 229 g/mol. The highest BCUT2D eigenvalue weighted by molar-refractivity contribution is 8.19. The minimum Gasteiger partial charge on any atom is -0.296 e. The van der Waals surface area contributed by atoms with Gasteiger partial charge in [0, 0.05) is 7.05 Å². The van der Waals surface area contributed by atoms with Crippen molar-refractivity contribution >= 4 is 44.7 Å². The van der Waals surface area contributed by atoms with E-state index in [0.717, 1.165) is 15.5 Å². The molecule has 0 rings (SSSR count). The zero-order valence-corrected chi connectivity index (χ0v) is 9.29. The van der Waals surface area contributed by atoms with E-state index in [1.165, 1.54) is 18.8 Å². The molecule has 0 aliphatic heterocycles. The molecule has 0 aromatic rings. The number of carbonyl (C=O) groups is 1. The van der Waals surface area contributed by atoms with Crippen LogP contribution in [-0.4, -0.2) is 28.7 Å². The summed E-state index contributed by atoms with van der Waals surface area (Å²) in [5.41, 5.74) is 0. The smallest absolute Gasteiger partial charge is 0.296 e. The Hall–Kier alpha value is -0.0700. The van der Waals surface area contributed by atoms with Gasteiger partial charge in [-0.05, 0) is 23.9 Å². The number of hydrogen-bond donors (Lipinski definition) is 0. The fourth-order valence-electron chi connectivity index (χ4n) is 0.226. The van der Waals surface area contributed by atoms with Crippen LogP contribution in [0.2, 0.25) is 0 Å². The summed E-state index contributed by atoms with van der Waals surface area (Å²) < 4.78 is 1.12. The lowest BCUT2D eigenvalue weighted by Crippen LogP contribution is -2.17. The SMILES string of the molecule is CS/C(C)=N/OC(=O)N(C)SCl. The summed E-state index contributed by atoms with van der Waals surface area (Å²) >= 11 is 2.15. The van der Waals surface area contributed by atoms with Gasteiger partial charge in [0.15, 0.2) is 0 Å². The molecule has 0 unspecified atom stereocenters. The molecule has 12 heavy (non-hydrogen) atoms. The van der Waals surface area contributed by atoms with E-state index >= 15 is 0 Å². The van der Waals surface area contributed by atoms with E-state index in [4.69, 9.17) is 10.7 Å². The molecular weight excluding hydrogens is 220 g/mol. The molecule has 0 saturated heterocycles. The quantitative estimate of drug-likeness (QED) is 0.240. The van der Waals surface area contributed by atoms with Gasteiger partial charge in [-0.1, -0.05) is 5.16 Å². The number of carbonyl (C=O) groups excluding carboxylic acids is 1. The highest BCUT2D eigenvalue weighted by atomic mass is 35.7. The molecule has 70 valence electrons. The standard InChI is InChI=1S/C5H9ClN2O2S2/c1-4(11-3)7-10-5(9)8(2)12-6/h1-3H3/b7-4+. The molecule has 0 bridgehead atoms. The number of thioether (sulfide) groups is 1. The second kappa shape index (κ2) is 6.45. The van der Waals surface area contributed by atoms with Crippen molar-refractivity contribution in [2.24, 2.45) is 5.16 Å². The predicted molar refractivity (Wildman–Crippen MR) is 54.3 cm³/mol. The summed E-state index contributed by atoms with van der Waals surface area (Å²) in [6, 6.07) is 0. The van der Waals surface area contributed by atoms with Gasteiger partial charge < -0.3 is 0 Å². The third-order valence-corrected chi connectivity index (χ3v) is 2.55. The summed E-state index contributed by atoms with van der Waals surface area (Å²) in [7, 11) is 6.77. The van der Waals surface area contributed by atoms with Crippen LogP contribution in [0.3, 0.4) is 0 Å². The van der Waals surface area contributed by atoms with Gasteiger partial charge in [-0.3, -0.25) is 4.84 Å². The van der Waals surface area contributed by atoms with Gasteiger partial charge in [0.1, 0.15) is 5.04 Å². The van der Waals surface area contributed by atoms with Gasteiger partial charge in [0.2, 0.25) is 0 Å². The lowest BCUT2D eigenvalue weighted by molar-refractivity contribution is 0.137. The number of oxime groups is 1. The molecule has 0 aliphatic carbocycles. The maximum Gasteiger partial charge on any atom is 0.446 e. The van der Waals surface area contributed by atoms with Crippen LogP contribution >= 0.6 is 33.6 Å². The second-order valence-corrected chi connectivity index (χ2v) is 3.84. The maximum absolute atomic E-state index is 10.9. The van der Waals surface area contributed by atoms with Gasteiger partial charge in [-0.2, -0.15) is 0 Å². The Labute approximate surface area is 84.3 Å². The molecule has 0 atom stereocenters. The molecule has 0 saturated carbocycles. The fourth-order valence-corrected chi connectivity index (χ4v) is 0.597. The molecule has 0 aliphatic rings. The van der Waals surface area contributed by atoms with Crippen molar-refractivity contribution in [2.45, 2.75) is 6.92 Å². The Morgan fingerprint density at radius 1 is 1.67 bits per heavy atom. The highest BCUT2D eigenvalue weighted by Gasteiger charge is 2.09. The summed E-state index contributed by atoms with van der Waals surface area (Å²) in [6.45, 7) is 1.74. The number of halogens is 1. The summed E-state index contributed by atoms with van der Waals surface area (Å²) in [5, 5.41) is 4.21. The van der Waals surface area contributed by atoms with Crippen LogP contribution in [-0.2, 0) is 4.84 Å². The number of rotatable bonds is 2. The van der Waals surface area contributed by atoms with Crippen molar-refractivity contribution in [1.29, 1.82) is 0 Å². The van der Waals surface area contributed by atoms with E-state index in [-0.39, 0.29) is 0 Å². The minimum absolute atomic E-state index is 0.594. The van der Waals surface area contributed by atoms with E-state index in [0.29, 0.717) is 5.04 Å². The molecule has 0 spiro atoms. The van der Waals surface area contributed by atoms with Crippen molar-refractivity contribution in [2.75, 3.05) is 13.3 Å². The Morgan fingerprint density at radius 3 is 2.67 bits per heavy atom. The van der Waals surface area contributed by atoms with Gasteiger partial charge in [0.05, 0.1) is 11.2 Å². The van der Waals surface area contributed by atoms with Crippen LogP contribution in [0.1, 0.15) is 6.92 Å². The van der Waals surface area contributed by atoms with Crippen molar-refractivity contribution in [3.63, 3.8) is 0 Å². The topological polar surface area (TPSA) is 41.9 Å². The first-order chi connectivity index (χ1) is 5.61. The highest BCUT2D eigenvalue weighted by Crippen LogP contribution is 2.12. The predicted octanol–water partition coefficient (Wildman–Crippen LogP) is 2.55. The average Bonchev–Trinajstić information content (AvgIpc) is 2.11. The molecule has 7 heteroatoms. The number of hydrogen-bond acceptors (Lipinski definition) is 5. The van der Waals surface area contributed by atoms with Crippen LogP contribution in [0.5, 0.6) is 0 Å². The van der Waals surface area contributed by atoms with Crippen LogP contribution in [0.15, 0.2) is 5.16 Å². The van der Waals surface area contributed by atoms with Crippen LogP contribution in [0, 0.1) is 0 Å². The Balaban J connectivity index is 3.86. The molecule has 1 amide bonds. The van der Waals surface area contributed by atoms with Gasteiger partial charge in [0.25, 0.3) is 0 Å². The third-order valence-electron chi connectivity index (χ3n) is 0.908. The van der Waals surface area contributed by atoms with Crippen LogP contribution in [0.25, 0.3) is 0 Å². The monoisotopic (exact) mass is 228 g/mol. The molecule has 0 heterocycles. The Kier molecular flexibility index (Phi) is 6.41. The molecular formula is C5H9ClN2O2S2.